The molecule has 0 aliphatic heterocycles. The summed E-state index contributed by atoms with van der Waals surface area (Å²) < 4.78 is 18.9. The summed E-state index contributed by atoms with van der Waals surface area (Å²) in [5.74, 6) is -2.16. The van der Waals surface area contributed by atoms with E-state index in [9.17, 15) is 18.8 Å². The van der Waals surface area contributed by atoms with E-state index in [1.54, 1.807) is 44.2 Å². The molecular formula is C20H22FN3O4. The molecule has 2 aromatic rings. The summed E-state index contributed by atoms with van der Waals surface area (Å²) in [6, 6.07) is 11.0. The number of nitrogens with two attached hydrogens (primary N) is 1. The van der Waals surface area contributed by atoms with Crippen LogP contribution in [0.25, 0.3) is 0 Å². The number of halogens is 1. The summed E-state index contributed by atoms with van der Waals surface area (Å²) in [6.07, 6.45) is 0. The van der Waals surface area contributed by atoms with Crippen LogP contribution in [0.1, 0.15) is 24.2 Å². The second kappa shape index (κ2) is 9.50. The Morgan fingerprint density at radius 3 is 2.29 bits per heavy atom. The maximum absolute atomic E-state index is 13.8. The van der Waals surface area contributed by atoms with Crippen LogP contribution in [0.2, 0.25) is 0 Å². The molecule has 7 nitrogen and oxygen atoms in total. The second-order valence-electron chi connectivity index (χ2n) is 6.44. The van der Waals surface area contributed by atoms with Gasteiger partial charge in [0.2, 0.25) is 5.91 Å². The van der Waals surface area contributed by atoms with E-state index in [4.69, 9.17) is 10.5 Å². The van der Waals surface area contributed by atoms with Crippen molar-refractivity contribution in [1.82, 2.24) is 5.32 Å². The lowest BCUT2D eigenvalue weighted by Crippen LogP contribution is -2.47. The van der Waals surface area contributed by atoms with E-state index in [0.29, 0.717) is 11.4 Å². The molecule has 0 spiro atoms. The Kier molecular flexibility index (Phi) is 7.08. The molecule has 0 aliphatic carbocycles. The molecule has 3 amide bonds. The topological polar surface area (TPSA) is 111 Å². The van der Waals surface area contributed by atoms with Gasteiger partial charge in [-0.2, -0.15) is 0 Å². The third-order valence-electron chi connectivity index (χ3n) is 3.86. The Balaban J connectivity index is 2.03. The van der Waals surface area contributed by atoms with Crippen LogP contribution in [0, 0.1) is 11.7 Å². The van der Waals surface area contributed by atoms with E-state index in [2.05, 4.69) is 10.6 Å². The summed E-state index contributed by atoms with van der Waals surface area (Å²) >= 11 is 0. The standard InChI is InChI=1S/C20H22FN3O4/c1-12(2)18(24-19(26)15-5-3-4-6-16(15)21)20(27)23-13-7-9-14(10-8-13)28-11-17(22)25/h3-10,12,18H,11H2,1-2H3,(H2,22,25)(H,23,27)(H,24,26). The Morgan fingerprint density at radius 2 is 1.71 bits per heavy atom. The van der Waals surface area contributed by atoms with Crippen LogP contribution in [-0.4, -0.2) is 30.4 Å². The Hall–Kier alpha value is -3.42. The number of rotatable bonds is 8. The highest BCUT2D eigenvalue weighted by Gasteiger charge is 2.25. The molecule has 0 saturated heterocycles. The molecule has 1 unspecified atom stereocenters. The van der Waals surface area contributed by atoms with Gasteiger partial charge in [-0.1, -0.05) is 26.0 Å². The van der Waals surface area contributed by atoms with Crippen molar-refractivity contribution in [3.05, 3.63) is 59.9 Å². The van der Waals surface area contributed by atoms with Crippen molar-refractivity contribution in [3.63, 3.8) is 0 Å². The number of carbonyl (C=O) groups is 3. The number of hydrogen-bond donors (Lipinski definition) is 3. The molecule has 1 atom stereocenters. The zero-order valence-electron chi connectivity index (χ0n) is 15.6. The van der Waals surface area contributed by atoms with E-state index in [-0.39, 0.29) is 18.1 Å². The Morgan fingerprint density at radius 1 is 1.07 bits per heavy atom. The first kappa shape index (κ1) is 20.9. The molecule has 2 rings (SSSR count). The fraction of sp³-hybridized carbons (Fsp3) is 0.250. The highest BCUT2D eigenvalue weighted by atomic mass is 19.1. The molecule has 0 saturated carbocycles. The summed E-state index contributed by atoms with van der Waals surface area (Å²) in [5.41, 5.74) is 5.36. The van der Waals surface area contributed by atoms with Crippen LogP contribution in [-0.2, 0) is 9.59 Å². The fourth-order valence-corrected chi connectivity index (χ4v) is 2.41. The molecular weight excluding hydrogens is 365 g/mol. The zero-order valence-corrected chi connectivity index (χ0v) is 15.6. The average molecular weight is 387 g/mol. The van der Waals surface area contributed by atoms with Crippen LogP contribution in [0.5, 0.6) is 5.75 Å². The van der Waals surface area contributed by atoms with E-state index in [1.807, 2.05) is 0 Å². The molecule has 0 bridgehead atoms. The van der Waals surface area contributed by atoms with Gasteiger partial charge in [0, 0.05) is 5.69 Å². The van der Waals surface area contributed by atoms with E-state index >= 15 is 0 Å². The number of ether oxygens (including phenoxy) is 1. The summed E-state index contributed by atoms with van der Waals surface area (Å²) in [6.45, 7) is 3.29. The monoisotopic (exact) mass is 387 g/mol. The number of anilines is 1. The SMILES string of the molecule is CC(C)C(NC(=O)c1ccccc1F)C(=O)Nc1ccc(OCC(N)=O)cc1. The molecule has 0 radical (unpaired) electrons. The van der Waals surface area contributed by atoms with E-state index < -0.39 is 29.6 Å². The average Bonchev–Trinajstić information content (AvgIpc) is 2.65. The predicted molar refractivity (Wildman–Crippen MR) is 102 cm³/mol. The highest BCUT2D eigenvalue weighted by molar-refractivity contribution is 6.01. The van der Waals surface area contributed by atoms with Crippen molar-refractivity contribution >= 4 is 23.4 Å². The number of nitrogens with one attached hydrogen (secondary N) is 2. The van der Waals surface area contributed by atoms with Crippen LogP contribution in [0.3, 0.4) is 0 Å². The van der Waals surface area contributed by atoms with Crippen molar-refractivity contribution in [1.29, 1.82) is 0 Å². The van der Waals surface area contributed by atoms with Crippen molar-refractivity contribution in [3.8, 4) is 5.75 Å². The maximum atomic E-state index is 13.8. The summed E-state index contributed by atoms with van der Waals surface area (Å²) in [5, 5.41) is 5.26. The third-order valence-corrected chi connectivity index (χ3v) is 3.86. The van der Waals surface area contributed by atoms with Gasteiger partial charge in [0.1, 0.15) is 17.6 Å². The smallest absolute Gasteiger partial charge is 0.255 e. The summed E-state index contributed by atoms with van der Waals surface area (Å²) in [4.78, 5) is 35.6. The van der Waals surface area contributed by atoms with Gasteiger partial charge in [-0.15, -0.1) is 0 Å². The molecule has 0 heterocycles. The van der Waals surface area contributed by atoms with E-state index in [0.717, 1.165) is 0 Å². The number of carbonyl (C=O) groups excluding carboxylic acids is 3. The van der Waals surface area contributed by atoms with E-state index in [1.165, 1.54) is 18.2 Å². The number of amides is 3. The molecule has 148 valence electrons. The van der Waals surface area contributed by atoms with Gasteiger partial charge in [-0.3, -0.25) is 14.4 Å². The molecule has 8 heteroatoms. The maximum Gasteiger partial charge on any atom is 0.255 e. The first-order chi connectivity index (χ1) is 13.3. The molecule has 2 aromatic carbocycles. The molecule has 0 aliphatic rings. The van der Waals surface area contributed by atoms with Crippen molar-refractivity contribution in [2.24, 2.45) is 11.7 Å². The lowest BCUT2D eigenvalue weighted by molar-refractivity contribution is -0.120. The van der Waals surface area contributed by atoms with Gasteiger partial charge in [0.05, 0.1) is 5.56 Å². The van der Waals surface area contributed by atoms with Crippen molar-refractivity contribution in [2.75, 3.05) is 11.9 Å². The van der Waals surface area contributed by atoms with Crippen molar-refractivity contribution < 1.29 is 23.5 Å². The van der Waals surface area contributed by atoms with Gasteiger partial charge >= 0.3 is 0 Å². The molecule has 0 fully saturated rings. The van der Waals surface area contributed by atoms with Crippen LogP contribution in [0.4, 0.5) is 10.1 Å². The minimum Gasteiger partial charge on any atom is -0.484 e. The molecule has 4 N–H and O–H groups in total. The minimum atomic E-state index is -0.863. The van der Waals surface area contributed by atoms with Crippen LogP contribution in [0.15, 0.2) is 48.5 Å². The highest BCUT2D eigenvalue weighted by Crippen LogP contribution is 2.17. The number of hydrogen-bond acceptors (Lipinski definition) is 4. The van der Waals surface area contributed by atoms with Gasteiger partial charge in [0.15, 0.2) is 6.61 Å². The normalized spacial score (nSPS) is 11.6. The fourth-order valence-electron chi connectivity index (χ4n) is 2.41. The molecule has 0 aromatic heterocycles. The van der Waals surface area contributed by atoms with Crippen LogP contribution >= 0.6 is 0 Å². The van der Waals surface area contributed by atoms with Gasteiger partial charge in [-0.05, 0) is 42.3 Å². The van der Waals surface area contributed by atoms with Gasteiger partial charge in [0.25, 0.3) is 11.8 Å². The largest absolute Gasteiger partial charge is 0.484 e. The summed E-state index contributed by atoms with van der Waals surface area (Å²) in [7, 11) is 0. The quantitative estimate of drug-likeness (QED) is 0.644. The van der Waals surface area contributed by atoms with Crippen LogP contribution < -0.4 is 21.1 Å². The van der Waals surface area contributed by atoms with Crippen molar-refractivity contribution in [2.45, 2.75) is 19.9 Å². The van der Waals surface area contributed by atoms with Gasteiger partial charge in [-0.25, -0.2) is 4.39 Å². The Bertz CT molecular complexity index is 853. The Labute approximate surface area is 162 Å². The second-order valence-corrected chi connectivity index (χ2v) is 6.44. The predicted octanol–water partition coefficient (Wildman–Crippen LogP) is 2.08. The minimum absolute atomic E-state index is 0.128. The first-order valence-corrected chi connectivity index (χ1v) is 8.65. The first-order valence-electron chi connectivity index (χ1n) is 8.65. The third kappa shape index (κ3) is 5.80. The molecule has 28 heavy (non-hydrogen) atoms. The lowest BCUT2D eigenvalue weighted by atomic mass is 10.0. The number of benzene rings is 2. The zero-order chi connectivity index (χ0) is 20.7. The van der Waals surface area contributed by atoms with Gasteiger partial charge < -0.3 is 21.1 Å². The lowest BCUT2D eigenvalue weighted by Gasteiger charge is -2.22. The number of primary amides is 1.